The zero-order valence-electron chi connectivity index (χ0n) is 24.2. The summed E-state index contributed by atoms with van der Waals surface area (Å²) in [4.78, 5) is 30.6. The Hall–Kier alpha value is -2.65. The van der Waals surface area contributed by atoms with Gasteiger partial charge in [-0.15, -0.1) is 0 Å². The van der Waals surface area contributed by atoms with Gasteiger partial charge in [-0.3, -0.25) is 14.5 Å². The largest absolute Gasteiger partial charge is 0.367 e. The molecule has 1 saturated heterocycles. The summed E-state index contributed by atoms with van der Waals surface area (Å²) in [6.45, 7) is 14.3. The summed E-state index contributed by atoms with van der Waals surface area (Å²) in [6.07, 6.45) is 4.66. The van der Waals surface area contributed by atoms with Crippen molar-refractivity contribution >= 4 is 45.4 Å². The van der Waals surface area contributed by atoms with Gasteiger partial charge in [-0.1, -0.05) is 33.8 Å². The Balaban J connectivity index is 1.54. The first-order valence-corrected chi connectivity index (χ1v) is 15.6. The number of hydrogen-bond donors (Lipinski definition) is 2. The molecule has 5 heterocycles. The number of nitrogens with zero attached hydrogens (tertiary/aromatic N) is 4. The van der Waals surface area contributed by atoms with Crippen molar-refractivity contribution in [3.8, 4) is 0 Å². The molecule has 40 heavy (non-hydrogen) atoms. The number of nitrogens with one attached hydrogen (secondary N) is 2. The average molecular weight is 624 g/mol. The SMILES string of the molecule is C[C@H]1CC(Cc2ccc(Br)cn2)Nc2cccc(n2)SNC(=O)c2ccc(C(C)(C)C)nc2N2C[C@@H]1CC2(C)C. The zero-order valence-corrected chi connectivity index (χ0v) is 26.6. The summed E-state index contributed by atoms with van der Waals surface area (Å²) in [5, 5.41) is 4.43. The lowest BCUT2D eigenvalue weighted by atomic mass is 9.83. The van der Waals surface area contributed by atoms with Crippen molar-refractivity contribution in [3.05, 3.63) is 70.1 Å². The number of aromatic nitrogens is 3. The highest BCUT2D eigenvalue weighted by atomic mass is 79.9. The Morgan fingerprint density at radius 2 is 1.93 bits per heavy atom. The van der Waals surface area contributed by atoms with Gasteiger partial charge in [0.25, 0.3) is 5.91 Å². The van der Waals surface area contributed by atoms with Crippen LogP contribution >= 0.6 is 27.9 Å². The van der Waals surface area contributed by atoms with Crippen molar-refractivity contribution in [1.82, 2.24) is 19.7 Å². The van der Waals surface area contributed by atoms with Gasteiger partial charge in [-0.05, 0) is 90.9 Å². The van der Waals surface area contributed by atoms with Gasteiger partial charge in [0.15, 0.2) is 0 Å². The number of anilines is 2. The molecule has 1 unspecified atom stereocenters. The van der Waals surface area contributed by atoms with Crippen LogP contribution in [0.5, 0.6) is 0 Å². The molecule has 0 aromatic carbocycles. The third-order valence-corrected chi connectivity index (χ3v) is 9.28. The molecule has 2 N–H and O–H groups in total. The maximum absolute atomic E-state index is 13.6. The number of fused-ring (bicyclic) bond motifs is 6. The van der Waals surface area contributed by atoms with E-state index in [-0.39, 0.29) is 22.9 Å². The quantitative estimate of drug-likeness (QED) is 0.297. The zero-order chi connectivity index (χ0) is 28.7. The van der Waals surface area contributed by atoms with Crippen LogP contribution in [0.1, 0.15) is 76.1 Å². The molecule has 2 aliphatic heterocycles. The molecule has 2 aliphatic rings. The molecule has 0 saturated carbocycles. The highest BCUT2D eigenvalue weighted by molar-refractivity contribution is 9.10. The van der Waals surface area contributed by atoms with E-state index in [2.05, 4.69) is 83.5 Å². The highest BCUT2D eigenvalue weighted by Crippen LogP contribution is 2.42. The molecule has 0 radical (unpaired) electrons. The molecule has 1 amide bonds. The summed E-state index contributed by atoms with van der Waals surface area (Å²) in [5.41, 5.74) is 2.37. The maximum atomic E-state index is 13.6. The van der Waals surface area contributed by atoms with Crippen molar-refractivity contribution in [2.75, 3.05) is 16.8 Å². The van der Waals surface area contributed by atoms with Crippen LogP contribution in [0.25, 0.3) is 0 Å². The van der Waals surface area contributed by atoms with Gasteiger partial charge in [0.2, 0.25) is 0 Å². The Morgan fingerprint density at radius 1 is 1.12 bits per heavy atom. The molecular formula is C31H39BrN6OS. The van der Waals surface area contributed by atoms with Crippen molar-refractivity contribution in [3.63, 3.8) is 0 Å². The third kappa shape index (κ3) is 6.46. The van der Waals surface area contributed by atoms with Gasteiger partial charge >= 0.3 is 0 Å². The first-order chi connectivity index (χ1) is 18.9. The van der Waals surface area contributed by atoms with Crippen LogP contribution in [0.2, 0.25) is 0 Å². The molecule has 3 aromatic heterocycles. The standard InChI is InChI=1S/C31H39BrN6OS/c1-19-14-23(15-22-11-10-21(32)17-33-22)34-26-8-7-9-27(36-26)40-37-29(39)24-12-13-25(30(2,3)4)35-28(24)38-18-20(19)16-31(38,5)6/h7-13,17,19-20,23H,14-16,18H2,1-6H3,(H,34,36)(H,37,39)/t19-,20-,23?/m0/s1. The molecule has 0 spiro atoms. The summed E-state index contributed by atoms with van der Waals surface area (Å²) in [7, 11) is 0. The number of amides is 1. The minimum atomic E-state index is -0.158. The van der Waals surface area contributed by atoms with E-state index in [0.717, 1.165) is 58.3 Å². The van der Waals surface area contributed by atoms with Crippen molar-refractivity contribution < 1.29 is 4.79 Å². The van der Waals surface area contributed by atoms with E-state index < -0.39 is 0 Å². The van der Waals surface area contributed by atoms with Gasteiger partial charge in [-0.25, -0.2) is 9.97 Å². The molecule has 4 bridgehead atoms. The van der Waals surface area contributed by atoms with Crippen LogP contribution < -0.4 is 14.9 Å². The average Bonchev–Trinajstić information content (AvgIpc) is 3.22. The molecule has 3 atom stereocenters. The fraction of sp³-hybridized carbons (Fsp3) is 0.484. The Labute approximate surface area is 250 Å². The second-order valence-corrected chi connectivity index (χ2v) is 14.6. The monoisotopic (exact) mass is 622 g/mol. The maximum Gasteiger partial charge on any atom is 0.265 e. The molecule has 9 heteroatoms. The van der Waals surface area contributed by atoms with Crippen molar-refractivity contribution in [2.45, 2.75) is 82.8 Å². The minimum Gasteiger partial charge on any atom is -0.367 e. The molecular weight excluding hydrogens is 584 g/mol. The van der Waals surface area contributed by atoms with Gasteiger partial charge in [0.05, 0.1) is 5.56 Å². The summed E-state index contributed by atoms with van der Waals surface area (Å²) < 4.78 is 4.01. The second-order valence-electron chi connectivity index (χ2n) is 12.8. The first-order valence-electron chi connectivity index (χ1n) is 14.0. The van der Waals surface area contributed by atoms with E-state index in [4.69, 9.17) is 9.97 Å². The first kappa shape index (κ1) is 28.9. The van der Waals surface area contributed by atoms with Crippen LogP contribution in [-0.4, -0.2) is 39.0 Å². The van der Waals surface area contributed by atoms with E-state index in [1.807, 2.05) is 42.6 Å². The fourth-order valence-corrected chi connectivity index (χ4v) is 6.66. The van der Waals surface area contributed by atoms with Gasteiger partial charge < -0.3 is 10.2 Å². The Morgan fingerprint density at radius 3 is 2.65 bits per heavy atom. The van der Waals surface area contributed by atoms with Gasteiger partial charge in [0, 0.05) is 64.0 Å². The molecule has 0 aliphatic carbocycles. The summed E-state index contributed by atoms with van der Waals surface area (Å²) in [5.74, 6) is 2.30. The molecule has 5 rings (SSSR count). The third-order valence-electron chi connectivity index (χ3n) is 8.08. The van der Waals surface area contributed by atoms with Crippen molar-refractivity contribution in [2.24, 2.45) is 11.8 Å². The lowest BCUT2D eigenvalue weighted by Gasteiger charge is -2.34. The lowest BCUT2D eigenvalue weighted by molar-refractivity contribution is 0.0984. The molecule has 1 fully saturated rings. The van der Waals surface area contributed by atoms with Gasteiger partial charge in [0.1, 0.15) is 16.7 Å². The van der Waals surface area contributed by atoms with Crippen LogP contribution in [0, 0.1) is 11.8 Å². The van der Waals surface area contributed by atoms with Crippen LogP contribution in [0.3, 0.4) is 0 Å². The highest BCUT2D eigenvalue weighted by Gasteiger charge is 2.43. The smallest absolute Gasteiger partial charge is 0.265 e. The minimum absolute atomic E-state index is 0.127. The number of halogens is 1. The number of pyridine rings is 3. The molecule has 7 nitrogen and oxygen atoms in total. The molecule has 212 valence electrons. The normalized spacial score (nSPS) is 22.9. The van der Waals surface area contributed by atoms with Crippen molar-refractivity contribution in [1.29, 1.82) is 0 Å². The predicted molar refractivity (Wildman–Crippen MR) is 167 cm³/mol. The van der Waals surface area contributed by atoms with E-state index in [1.54, 1.807) is 0 Å². The van der Waals surface area contributed by atoms with E-state index in [0.29, 0.717) is 17.4 Å². The lowest BCUT2D eigenvalue weighted by Crippen LogP contribution is -2.40. The van der Waals surface area contributed by atoms with Crippen LogP contribution in [0.15, 0.2) is 58.2 Å². The molecule has 3 aromatic rings. The van der Waals surface area contributed by atoms with Crippen LogP contribution in [0.4, 0.5) is 11.6 Å². The summed E-state index contributed by atoms with van der Waals surface area (Å²) in [6, 6.07) is 14.1. The predicted octanol–water partition coefficient (Wildman–Crippen LogP) is 7.04. The summed E-state index contributed by atoms with van der Waals surface area (Å²) >= 11 is 4.74. The number of rotatable bonds is 2. The van der Waals surface area contributed by atoms with E-state index >= 15 is 0 Å². The number of carbonyl (C=O) groups excluding carboxylic acids is 1. The Bertz CT molecular complexity index is 1370. The number of hydrogen-bond acceptors (Lipinski definition) is 7. The van der Waals surface area contributed by atoms with E-state index in [9.17, 15) is 4.79 Å². The van der Waals surface area contributed by atoms with Crippen LogP contribution in [-0.2, 0) is 11.8 Å². The number of carbonyl (C=O) groups is 1. The Kier molecular flexibility index (Phi) is 8.17. The fourth-order valence-electron chi connectivity index (χ4n) is 5.83. The van der Waals surface area contributed by atoms with E-state index in [1.165, 1.54) is 11.9 Å². The second kappa shape index (κ2) is 11.3. The van der Waals surface area contributed by atoms with Gasteiger partial charge in [-0.2, -0.15) is 0 Å². The topological polar surface area (TPSA) is 83.0 Å².